The number of ether oxygens (including phenoxy) is 1. The fraction of sp³-hybridized carbons (Fsp3) is 0.933. The Morgan fingerprint density at radius 1 is 1.53 bits per heavy atom. The molecule has 0 aromatic carbocycles. The lowest BCUT2D eigenvalue weighted by Crippen LogP contribution is -2.50. The molecule has 0 aliphatic heterocycles. The van der Waals surface area contributed by atoms with Gasteiger partial charge < -0.3 is 15.0 Å². The van der Waals surface area contributed by atoms with Crippen LogP contribution in [0, 0.1) is 11.8 Å². The maximum Gasteiger partial charge on any atom is 0.326 e. The van der Waals surface area contributed by atoms with E-state index in [1.165, 1.54) is 13.0 Å². The third kappa shape index (κ3) is 3.11. The predicted molar refractivity (Wildman–Crippen MR) is 76.0 cm³/mol. The summed E-state index contributed by atoms with van der Waals surface area (Å²) in [5, 5.41) is 3.22. The topological polar surface area (TPSA) is 41.6 Å². The Bertz CT molecular complexity index is 334. The Kier molecular flexibility index (Phi) is 4.51. The van der Waals surface area contributed by atoms with Gasteiger partial charge in [-0.3, -0.25) is 4.79 Å². The third-order valence-corrected chi connectivity index (χ3v) is 5.06. The van der Waals surface area contributed by atoms with Gasteiger partial charge in [-0.2, -0.15) is 0 Å². The lowest BCUT2D eigenvalue weighted by atomic mass is 9.97. The van der Waals surface area contributed by atoms with E-state index in [2.05, 4.69) is 24.2 Å². The van der Waals surface area contributed by atoms with Crippen LogP contribution in [0.3, 0.4) is 0 Å². The number of hydrogen-bond donors (Lipinski definition) is 1. The van der Waals surface area contributed by atoms with Gasteiger partial charge in [0.2, 0.25) is 0 Å². The van der Waals surface area contributed by atoms with E-state index < -0.39 is 5.54 Å². The standard InChI is InChI=1S/C15H28N2O2/c1-5-19-14(18)15(16-3)7-6-13(9-15)17(4)10-12-8-11(12)2/h11-13,16H,5-10H2,1-4H3. The van der Waals surface area contributed by atoms with Gasteiger partial charge in [-0.15, -0.1) is 0 Å². The summed E-state index contributed by atoms with van der Waals surface area (Å²) < 4.78 is 5.24. The second kappa shape index (κ2) is 5.80. The Morgan fingerprint density at radius 2 is 2.21 bits per heavy atom. The molecule has 2 fully saturated rings. The van der Waals surface area contributed by atoms with E-state index in [9.17, 15) is 4.79 Å². The molecule has 0 aromatic heterocycles. The molecule has 2 rings (SSSR count). The van der Waals surface area contributed by atoms with Gasteiger partial charge in [-0.05, 0) is 58.5 Å². The minimum Gasteiger partial charge on any atom is -0.465 e. The van der Waals surface area contributed by atoms with Crippen molar-refractivity contribution in [2.75, 3.05) is 27.2 Å². The highest BCUT2D eigenvalue weighted by molar-refractivity contribution is 5.81. The van der Waals surface area contributed by atoms with E-state index in [0.29, 0.717) is 12.6 Å². The first-order chi connectivity index (χ1) is 9.02. The average molecular weight is 268 g/mol. The molecule has 0 radical (unpaired) electrons. The second-order valence-electron chi connectivity index (χ2n) is 6.36. The molecular weight excluding hydrogens is 240 g/mol. The maximum absolute atomic E-state index is 12.1. The van der Waals surface area contributed by atoms with Crippen molar-refractivity contribution in [1.82, 2.24) is 10.2 Å². The lowest BCUT2D eigenvalue weighted by molar-refractivity contribution is -0.151. The van der Waals surface area contributed by atoms with Crippen molar-refractivity contribution in [1.29, 1.82) is 0 Å². The first kappa shape index (κ1) is 14.8. The van der Waals surface area contributed by atoms with Gasteiger partial charge in [0.05, 0.1) is 6.61 Å². The molecule has 4 unspecified atom stereocenters. The highest BCUT2D eigenvalue weighted by atomic mass is 16.5. The first-order valence-electron chi connectivity index (χ1n) is 7.58. The van der Waals surface area contributed by atoms with Crippen LogP contribution in [0.2, 0.25) is 0 Å². The molecular formula is C15H28N2O2. The Hall–Kier alpha value is -0.610. The SMILES string of the molecule is CCOC(=O)C1(NC)CCC(N(C)CC2CC2C)C1. The molecule has 19 heavy (non-hydrogen) atoms. The Morgan fingerprint density at radius 3 is 2.74 bits per heavy atom. The van der Waals surface area contributed by atoms with E-state index in [0.717, 1.165) is 31.1 Å². The number of likely N-dealkylation sites (N-methyl/N-ethyl adjacent to an activating group) is 1. The average Bonchev–Trinajstić information content (AvgIpc) is 2.93. The molecule has 2 aliphatic rings. The molecule has 0 aromatic rings. The Labute approximate surface area is 116 Å². The molecule has 4 heteroatoms. The van der Waals surface area contributed by atoms with Crippen LogP contribution in [0.4, 0.5) is 0 Å². The summed E-state index contributed by atoms with van der Waals surface area (Å²) in [4.78, 5) is 14.6. The molecule has 0 bridgehead atoms. The molecule has 110 valence electrons. The highest BCUT2D eigenvalue weighted by Crippen LogP contribution is 2.40. The first-order valence-corrected chi connectivity index (χ1v) is 7.58. The smallest absolute Gasteiger partial charge is 0.326 e. The van der Waals surface area contributed by atoms with Gasteiger partial charge in [-0.1, -0.05) is 6.92 Å². The number of nitrogens with zero attached hydrogens (tertiary/aromatic N) is 1. The van der Waals surface area contributed by atoms with E-state index in [-0.39, 0.29) is 5.97 Å². The van der Waals surface area contributed by atoms with Gasteiger partial charge >= 0.3 is 5.97 Å². The van der Waals surface area contributed by atoms with Crippen LogP contribution < -0.4 is 5.32 Å². The minimum absolute atomic E-state index is 0.0758. The summed E-state index contributed by atoms with van der Waals surface area (Å²) in [6.45, 7) is 5.83. The number of hydrogen-bond acceptors (Lipinski definition) is 4. The van der Waals surface area contributed by atoms with Gasteiger partial charge in [0.25, 0.3) is 0 Å². The fourth-order valence-electron chi connectivity index (χ4n) is 3.35. The van der Waals surface area contributed by atoms with Gasteiger partial charge in [0, 0.05) is 12.6 Å². The summed E-state index contributed by atoms with van der Waals surface area (Å²) in [6.07, 6.45) is 4.21. The number of rotatable bonds is 6. The van der Waals surface area contributed by atoms with Crippen molar-refractivity contribution in [2.45, 2.75) is 51.1 Å². The van der Waals surface area contributed by atoms with Crippen molar-refractivity contribution in [3.05, 3.63) is 0 Å². The fourth-order valence-corrected chi connectivity index (χ4v) is 3.35. The molecule has 4 atom stereocenters. The van der Waals surface area contributed by atoms with Crippen LogP contribution >= 0.6 is 0 Å². The monoisotopic (exact) mass is 268 g/mol. The maximum atomic E-state index is 12.1. The van der Waals surface area contributed by atoms with Crippen LogP contribution in [0.15, 0.2) is 0 Å². The molecule has 0 saturated heterocycles. The molecule has 0 amide bonds. The molecule has 2 saturated carbocycles. The summed E-state index contributed by atoms with van der Waals surface area (Å²) >= 11 is 0. The van der Waals surface area contributed by atoms with Crippen LogP contribution in [0.25, 0.3) is 0 Å². The van der Waals surface area contributed by atoms with E-state index in [1.54, 1.807) is 0 Å². The normalized spacial score (nSPS) is 37.6. The number of carbonyl (C=O) groups excluding carboxylic acids is 1. The summed E-state index contributed by atoms with van der Waals surface area (Å²) in [5.74, 6) is 1.69. The van der Waals surface area contributed by atoms with Crippen LogP contribution in [-0.4, -0.2) is 49.7 Å². The van der Waals surface area contributed by atoms with Gasteiger partial charge in [0.1, 0.15) is 5.54 Å². The molecule has 2 aliphatic carbocycles. The summed E-state index contributed by atoms with van der Waals surface area (Å²) in [5.41, 5.74) is -0.454. The minimum atomic E-state index is -0.454. The van der Waals surface area contributed by atoms with Gasteiger partial charge in [0.15, 0.2) is 0 Å². The number of nitrogens with one attached hydrogen (secondary N) is 1. The highest BCUT2D eigenvalue weighted by Gasteiger charge is 2.47. The summed E-state index contributed by atoms with van der Waals surface area (Å²) in [6, 6.07) is 0.504. The van der Waals surface area contributed by atoms with Crippen molar-refractivity contribution >= 4 is 5.97 Å². The largest absolute Gasteiger partial charge is 0.465 e. The van der Waals surface area contributed by atoms with Crippen LogP contribution in [0.5, 0.6) is 0 Å². The van der Waals surface area contributed by atoms with Crippen molar-refractivity contribution in [2.24, 2.45) is 11.8 Å². The van der Waals surface area contributed by atoms with E-state index in [1.807, 2.05) is 14.0 Å². The quantitative estimate of drug-likeness (QED) is 0.744. The number of esters is 1. The molecule has 1 N–H and O–H groups in total. The Balaban J connectivity index is 1.90. The molecule has 0 spiro atoms. The molecule has 4 nitrogen and oxygen atoms in total. The zero-order chi connectivity index (χ0) is 14.0. The van der Waals surface area contributed by atoms with Crippen molar-refractivity contribution in [3.8, 4) is 0 Å². The van der Waals surface area contributed by atoms with Crippen LogP contribution in [0.1, 0.15) is 39.5 Å². The number of carbonyl (C=O) groups is 1. The predicted octanol–water partition coefficient (Wildman–Crippen LogP) is 1.65. The van der Waals surface area contributed by atoms with E-state index >= 15 is 0 Å². The van der Waals surface area contributed by atoms with Crippen LogP contribution in [-0.2, 0) is 9.53 Å². The summed E-state index contributed by atoms with van der Waals surface area (Å²) in [7, 11) is 4.08. The van der Waals surface area contributed by atoms with Gasteiger partial charge in [-0.25, -0.2) is 0 Å². The van der Waals surface area contributed by atoms with E-state index in [4.69, 9.17) is 4.74 Å². The van der Waals surface area contributed by atoms with Crippen molar-refractivity contribution in [3.63, 3.8) is 0 Å². The second-order valence-corrected chi connectivity index (χ2v) is 6.36. The zero-order valence-corrected chi connectivity index (χ0v) is 12.7. The van der Waals surface area contributed by atoms with Crippen molar-refractivity contribution < 1.29 is 9.53 Å². The zero-order valence-electron chi connectivity index (χ0n) is 12.7. The lowest BCUT2D eigenvalue weighted by Gasteiger charge is -2.29. The third-order valence-electron chi connectivity index (χ3n) is 5.06. The molecule has 0 heterocycles.